The maximum absolute atomic E-state index is 13.2. The summed E-state index contributed by atoms with van der Waals surface area (Å²) < 4.78 is 26.4. The van der Waals surface area contributed by atoms with Gasteiger partial charge in [0, 0.05) is 13.2 Å². The molecule has 0 saturated heterocycles. The van der Waals surface area contributed by atoms with Gasteiger partial charge in [0.1, 0.15) is 0 Å². The molecular weight excluding hydrogens is 280 g/mol. The van der Waals surface area contributed by atoms with Gasteiger partial charge in [-0.25, -0.2) is 8.78 Å². The quantitative estimate of drug-likeness (QED) is 0.849. The summed E-state index contributed by atoms with van der Waals surface area (Å²) in [5, 5.41) is 8.87. The van der Waals surface area contributed by atoms with E-state index in [1.54, 1.807) is 0 Å². The Labute approximate surface area is 121 Å². The molecule has 114 valence electrons. The lowest BCUT2D eigenvalue weighted by Crippen LogP contribution is -2.38. The largest absolute Gasteiger partial charge is 0.396 e. The van der Waals surface area contributed by atoms with E-state index in [4.69, 9.17) is 5.11 Å². The number of halogens is 2. The predicted molar refractivity (Wildman–Crippen MR) is 71.8 cm³/mol. The van der Waals surface area contributed by atoms with E-state index in [1.165, 1.54) is 0 Å². The third-order valence-electron chi connectivity index (χ3n) is 3.61. The Hall–Kier alpha value is -1.82. The van der Waals surface area contributed by atoms with Crippen molar-refractivity contribution in [3.8, 4) is 0 Å². The van der Waals surface area contributed by atoms with Gasteiger partial charge in [-0.1, -0.05) is 13.8 Å². The van der Waals surface area contributed by atoms with Crippen LogP contribution in [0.25, 0.3) is 0 Å². The highest BCUT2D eigenvalue weighted by Crippen LogP contribution is 2.30. The predicted octanol–water partition coefficient (Wildman–Crippen LogP) is 2.36. The number of imide groups is 1. The Morgan fingerprint density at radius 2 is 1.57 bits per heavy atom. The number of nitrogens with zero attached hydrogens (tertiary/aromatic N) is 1. The number of aliphatic hydroxyl groups is 1. The van der Waals surface area contributed by atoms with Crippen LogP contribution in [0.1, 0.15) is 47.4 Å². The number of carbonyl (C=O) groups is 2. The Kier molecular flexibility index (Phi) is 4.09. The van der Waals surface area contributed by atoms with Gasteiger partial charge in [0.05, 0.1) is 11.1 Å². The number of amides is 2. The summed E-state index contributed by atoms with van der Waals surface area (Å²) in [7, 11) is 0. The molecule has 0 fully saturated rings. The molecule has 0 atom stereocenters. The van der Waals surface area contributed by atoms with Gasteiger partial charge in [-0.2, -0.15) is 0 Å². The number of fused-ring (bicyclic) bond motifs is 1. The molecule has 1 aromatic carbocycles. The molecule has 2 amide bonds. The first-order valence-corrected chi connectivity index (χ1v) is 6.73. The molecule has 1 aliphatic heterocycles. The van der Waals surface area contributed by atoms with Gasteiger partial charge in [0.2, 0.25) is 0 Å². The molecule has 1 N–H and O–H groups in total. The lowest BCUT2D eigenvalue weighted by atomic mass is 9.87. The van der Waals surface area contributed by atoms with Gasteiger partial charge >= 0.3 is 0 Å². The minimum atomic E-state index is -1.14. The van der Waals surface area contributed by atoms with Crippen LogP contribution in [0.2, 0.25) is 0 Å². The van der Waals surface area contributed by atoms with E-state index in [0.717, 1.165) is 17.0 Å². The SMILES string of the molecule is CC(C)(CCCO)CN1C(=O)c2cc(F)c(F)cc2C1=O. The van der Waals surface area contributed by atoms with E-state index >= 15 is 0 Å². The highest BCUT2D eigenvalue weighted by Gasteiger charge is 2.39. The van der Waals surface area contributed by atoms with Crippen molar-refractivity contribution in [2.75, 3.05) is 13.2 Å². The average Bonchev–Trinajstić information content (AvgIpc) is 2.63. The van der Waals surface area contributed by atoms with Crippen molar-refractivity contribution in [1.82, 2.24) is 4.90 Å². The van der Waals surface area contributed by atoms with E-state index in [-0.39, 0.29) is 29.7 Å². The molecule has 0 radical (unpaired) electrons. The fraction of sp³-hybridized carbons (Fsp3) is 0.467. The summed E-state index contributed by atoms with van der Waals surface area (Å²) in [5.41, 5.74) is -0.582. The number of aliphatic hydroxyl groups excluding tert-OH is 1. The van der Waals surface area contributed by atoms with Gasteiger partial charge in [0.15, 0.2) is 11.6 Å². The molecule has 1 heterocycles. The Balaban J connectivity index is 2.25. The van der Waals surface area contributed by atoms with E-state index in [2.05, 4.69) is 0 Å². The Morgan fingerprint density at radius 3 is 2.00 bits per heavy atom. The molecule has 2 rings (SSSR count). The van der Waals surface area contributed by atoms with Crippen LogP contribution >= 0.6 is 0 Å². The van der Waals surface area contributed by atoms with E-state index in [1.807, 2.05) is 13.8 Å². The topological polar surface area (TPSA) is 57.6 Å². The minimum Gasteiger partial charge on any atom is -0.396 e. The highest BCUT2D eigenvalue weighted by atomic mass is 19.2. The van der Waals surface area contributed by atoms with E-state index < -0.39 is 23.4 Å². The molecule has 0 bridgehead atoms. The lowest BCUT2D eigenvalue weighted by Gasteiger charge is -2.28. The van der Waals surface area contributed by atoms with Crippen LogP contribution in [-0.4, -0.2) is 35.0 Å². The summed E-state index contributed by atoms with van der Waals surface area (Å²) in [6.45, 7) is 3.91. The number of hydrogen-bond acceptors (Lipinski definition) is 3. The van der Waals surface area contributed by atoms with Crippen LogP contribution in [0.4, 0.5) is 8.78 Å². The number of rotatable bonds is 5. The summed E-state index contributed by atoms with van der Waals surface area (Å²) in [5.74, 6) is -3.50. The summed E-state index contributed by atoms with van der Waals surface area (Å²) in [4.78, 5) is 25.4. The van der Waals surface area contributed by atoms with Gasteiger partial charge in [-0.15, -0.1) is 0 Å². The van der Waals surface area contributed by atoms with Crippen molar-refractivity contribution in [3.63, 3.8) is 0 Å². The Morgan fingerprint density at radius 1 is 1.10 bits per heavy atom. The normalized spacial score (nSPS) is 14.8. The summed E-state index contributed by atoms with van der Waals surface area (Å²) >= 11 is 0. The monoisotopic (exact) mass is 297 g/mol. The first-order valence-electron chi connectivity index (χ1n) is 6.73. The van der Waals surface area contributed by atoms with Gasteiger partial charge in [0.25, 0.3) is 11.8 Å². The van der Waals surface area contributed by atoms with Gasteiger partial charge in [-0.3, -0.25) is 14.5 Å². The van der Waals surface area contributed by atoms with Crippen LogP contribution in [-0.2, 0) is 0 Å². The first-order chi connectivity index (χ1) is 9.76. The standard InChI is InChI=1S/C15H17F2NO3/c1-15(2,4-3-5-19)8-18-13(20)9-6-11(16)12(17)7-10(9)14(18)21/h6-7,19H,3-5,8H2,1-2H3. The van der Waals surface area contributed by atoms with Crippen molar-refractivity contribution >= 4 is 11.8 Å². The number of benzene rings is 1. The van der Waals surface area contributed by atoms with Gasteiger partial charge < -0.3 is 5.11 Å². The van der Waals surface area contributed by atoms with E-state index in [9.17, 15) is 18.4 Å². The average molecular weight is 297 g/mol. The molecule has 1 aromatic rings. The molecule has 21 heavy (non-hydrogen) atoms. The zero-order valence-corrected chi connectivity index (χ0v) is 11.9. The molecular formula is C15H17F2NO3. The first kappa shape index (κ1) is 15.6. The molecule has 4 nitrogen and oxygen atoms in total. The molecule has 0 aliphatic carbocycles. The van der Waals surface area contributed by atoms with Crippen LogP contribution in [0, 0.1) is 17.0 Å². The van der Waals surface area contributed by atoms with Crippen LogP contribution < -0.4 is 0 Å². The number of carbonyl (C=O) groups excluding carboxylic acids is 2. The second-order valence-electron chi connectivity index (χ2n) is 6.00. The van der Waals surface area contributed by atoms with Crippen molar-refractivity contribution in [3.05, 3.63) is 34.9 Å². The summed E-state index contributed by atoms with van der Waals surface area (Å²) in [6.07, 6.45) is 1.18. The zero-order valence-electron chi connectivity index (χ0n) is 11.9. The van der Waals surface area contributed by atoms with Gasteiger partial charge in [-0.05, 0) is 30.4 Å². The third-order valence-corrected chi connectivity index (χ3v) is 3.61. The van der Waals surface area contributed by atoms with Crippen molar-refractivity contribution in [1.29, 1.82) is 0 Å². The summed E-state index contributed by atoms with van der Waals surface area (Å²) in [6, 6.07) is 1.54. The fourth-order valence-corrected chi connectivity index (χ4v) is 2.49. The highest BCUT2D eigenvalue weighted by molar-refractivity contribution is 6.21. The maximum atomic E-state index is 13.2. The van der Waals surface area contributed by atoms with Crippen molar-refractivity contribution in [2.45, 2.75) is 26.7 Å². The van der Waals surface area contributed by atoms with Crippen molar-refractivity contribution in [2.24, 2.45) is 5.41 Å². The fourth-order valence-electron chi connectivity index (χ4n) is 2.49. The maximum Gasteiger partial charge on any atom is 0.261 e. The second kappa shape index (κ2) is 5.52. The smallest absolute Gasteiger partial charge is 0.261 e. The molecule has 0 saturated carbocycles. The lowest BCUT2D eigenvalue weighted by molar-refractivity contribution is 0.0579. The molecule has 1 aliphatic rings. The van der Waals surface area contributed by atoms with Crippen molar-refractivity contribution < 1.29 is 23.5 Å². The molecule has 0 aromatic heterocycles. The van der Waals surface area contributed by atoms with Crippen LogP contribution in [0.3, 0.4) is 0 Å². The number of hydrogen-bond donors (Lipinski definition) is 1. The van der Waals surface area contributed by atoms with E-state index in [0.29, 0.717) is 12.8 Å². The molecule has 0 spiro atoms. The second-order valence-corrected chi connectivity index (χ2v) is 6.00. The van der Waals surface area contributed by atoms with Crippen LogP contribution in [0.5, 0.6) is 0 Å². The zero-order chi connectivity index (χ0) is 15.8. The van der Waals surface area contributed by atoms with Crippen LogP contribution in [0.15, 0.2) is 12.1 Å². The Bertz CT molecular complexity index is 558. The third kappa shape index (κ3) is 2.95. The molecule has 0 unspecified atom stereocenters. The molecule has 6 heteroatoms. The minimum absolute atomic E-state index is 0.0297.